The molecule has 5 nitrogen and oxygen atoms in total. The van der Waals surface area contributed by atoms with Crippen molar-refractivity contribution in [2.24, 2.45) is 0 Å². The number of nitrogens with zero attached hydrogens (tertiary/aromatic N) is 2. The molecule has 0 bridgehead atoms. The summed E-state index contributed by atoms with van der Waals surface area (Å²) in [7, 11) is 1.97. The summed E-state index contributed by atoms with van der Waals surface area (Å²) in [4.78, 5) is 27.2. The summed E-state index contributed by atoms with van der Waals surface area (Å²) in [5.41, 5.74) is 2.71. The van der Waals surface area contributed by atoms with E-state index in [-0.39, 0.29) is 24.5 Å². The summed E-state index contributed by atoms with van der Waals surface area (Å²) < 4.78 is 0. The van der Waals surface area contributed by atoms with E-state index >= 15 is 0 Å². The van der Waals surface area contributed by atoms with E-state index in [0.717, 1.165) is 19.3 Å². The van der Waals surface area contributed by atoms with Crippen LogP contribution in [0, 0.1) is 0 Å². The molecule has 1 aliphatic heterocycles. The van der Waals surface area contributed by atoms with Crippen LogP contribution in [0.4, 0.5) is 4.79 Å². The van der Waals surface area contributed by atoms with Gasteiger partial charge in [-0.25, -0.2) is 4.79 Å². The number of carbonyl (C=O) groups excluding carboxylic acids is 2. The van der Waals surface area contributed by atoms with Crippen molar-refractivity contribution in [3.05, 3.63) is 35.4 Å². The second kappa shape index (κ2) is 5.85. The van der Waals surface area contributed by atoms with Crippen molar-refractivity contribution in [3.8, 4) is 0 Å². The average Bonchev–Trinajstić information content (AvgIpc) is 2.92. The Labute approximate surface area is 124 Å². The van der Waals surface area contributed by atoms with E-state index in [2.05, 4.69) is 34.5 Å². The molecule has 0 spiro atoms. The summed E-state index contributed by atoms with van der Waals surface area (Å²) in [6.45, 7) is 1.32. The molecule has 0 aromatic heterocycles. The molecular formula is C16H21N3O2. The zero-order chi connectivity index (χ0) is 14.8. The highest BCUT2D eigenvalue weighted by molar-refractivity contribution is 5.96. The van der Waals surface area contributed by atoms with E-state index < -0.39 is 0 Å². The molecule has 1 saturated heterocycles. The second-order valence-electron chi connectivity index (χ2n) is 5.80. The quantitative estimate of drug-likeness (QED) is 0.917. The monoisotopic (exact) mass is 287 g/mol. The predicted octanol–water partition coefficient (Wildman–Crippen LogP) is 1.55. The largest absolute Gasteiger partial charge is 0.336 e. The highest BCUT2D eigenvalue weighted by Crippen LogP contribution is 2.33. The molecule has 0 unspecified atom stereocenters. The third kappa shape index (κ3) is 2.78. The van der Waals surface area contributed by atoms with E-state index in [1.54, 1.807) is 0 Å². The highest BCUT2D eigenvalue weighted by atomic mass is 16.2. The van der Waals surface area contributed by atoms with Crippen LogP contribution >= 0.6 is 0 Å². The molecule has 3 rings (SSSR count). The molecule has 1 heterocycles. The van der Waals surface area contributed by atoms with Gasteiger partial charge in [-0.15, -0.1) is 0 Å². The molecule has 1 N–H and O–H groups in total. The van der Waals surface area contributed by atoms with Crippen LogP contribution in [0.5, 0.6) is 0 Å². The van der Waals surface area contributed by atoms with Crippen LogP contribution in [0.15, 0.2) is 24.3 Å². The summed E-state index contributed by atoms with van der Waals surface area (Å²) in [6, 6.07) is 8.46. The van der Waals surface area contributed by atoms with Gasteiger partial charge in [-0.05, 0) is 37.4 Å². The van der Waals surface area contributed by atoms with E-state index in [9.17, 15) is 9.59 Å². The Hall–Kier alpha value is -1.88. The lowest BCUT2D eigenvalue weighted by atomic mass is 9.87. The molecule has 1 aromatic rings. The minimum atomic E-state index is -0.266. The molecule has 1 aromatic carbocycles. The highest BCUT2D eigenvalue weighted by Gasteiger charge is 2.30. The first-order valence-electron chi connectivity index (χ1n) is 7.53. The molecule has 1 fully saturated rings. The molecular weight excluding hydrogens is 266 g/mol. The van der Waals surface area contributed by atoms with Crippen molar-refractivity contribution in [1.29, 1.82) is 0 Å². The Kier molecular flexibility index (Phi) is 3.92. The Morgan fingerprint density at radius 1 is 1.43 bits per heavy atom. The normalized spacial score (nSPS) is 21.3. The van der Waals surface area contributed by atoms with Gasteiger partial charge in [0.15, 0.2) is 0 Å². The van der Waals surface area contributed by atoms with Gasteiger partial charge in [0.1, 0.15) is 0 Å². The molecule has 2 aliphatic rings. The molecule has 1 aliphatic carbocycles. The van der Waals surface area contributed by atoms with Crippen LogP contribution < -0.4 is 5.32 Å². The number of hydrogen-bond acceptors (Lipinski definition) is 3. The van der Waals surface area contributed by atoms with E-state index in [4.69, 9.17) is 0 Å². The molecule has 21 heavy (non-hydrogen) atoms. The summed E-state index contributed by atoms with van der Waals surface area (Å²) in [5, 5.41) is 2.67. The standard InChI is InChI=1S/C16H21N3O2/c1-18(11-15(20)19-10-9-17-16(19)21)14-8-4-6-12-5-2-3-7-13(12)14/h2-3,5,7,14H,4,6,8-11H2,1H3,(H,17,21)/t14-/m0/s1. The lowest BCUT2D eigenvalue weighted by Crippen LogP contribution is -2.42. The summed E-state index contributed by atoms with van der Waals surface area (Å²) in [6.07, 6.45) is 3.32. The van der Waals surface area contributed by atoms with Crippen molar-refractivity contribution in [1.82, 2.24) is 15.1 Å². The maximum absolute atomic E-state index is 12.2. The van der Waals surface area contributed by atoms with Gasteiger partial charge in [0.25, 0.3) is 0 Å². The van der Waals surface area contributed by atoms with Crippen molar-refractivity contribution < 1.29 is 9.59 Å². The predicted molar refractivity (Wildman–Crippen MR) is 79.9 cm³/mol. The van der Waals surface area contributed by atoms with Gasteiger partial charge >= 0.3 is 6.03 Å². The Morgan fingerprint density at radius 3 is 3.00 bits per heavy atom. The lowest BCUT2D eigenvalue weighted by molar-refractivity contribution is -0.129. The van der Waals surface area contributed by atoms with Crippen molar-refractivity contribution in [2.75, 3.05) is 26.7 Å². The average molecular weight is 287 g/mol. The van der Waals surface area contributed by atoms with Gasteiger partial charge in [-0.1, -0.05) is 24.3 Å². The number of aryl methyl sites for hydroxylation is 1. The number of nitrogens with one attached hydrogen (secondary N) is 1. The van der Waals surface area contributed by atoms with Crippen LogP contribution in [-0.4, -0.2) is 48.4 Å². The number of amides is 3. The van der Waals surface area contributed by atoms with E-state index in [1.165, 1.54) is 16.0 Å². The molecule has 112 valence electrons. The lowest BCUT2D eigenvalue weighted by Gasteiger charge is -2.33. The van der Waals surface area contributed by atoms with Crippen LogP contribution in [0.25, 0.3) is 0 Å². The van der Waals surface area contributed by atoms with Crippen LogP contribution in [0.2, 0.25) is 0 Å². The minimum Gasteiger partial charge on any atom is -0.336 e. The van der Waals surface area contributed by atoms with Crippen LogP contribution in [0.3, 0.4) is 0 Å². The Bertz CT molecular complexity index is 558. The number of carbonyl (C=O) groups is 2. The first kappa shape index (κ1) is 14.1. The smallest absolute Gasteiger partial charge is 0.324 e. The first-order chi connectivity index (χ1) is 10.2. The van der Waals surface area contributed by atoms with Gasteiger partial charge in [-0.3, -0.25) is 14.6 Å². The van der Waals surface area contributed by atoms with Crippen molar-refractivity contribution in [2.45, 2.75) is 25.3 Å². The van der Waals surface area contributed by atoms with Crippen molar-refractivity contribution in [3.63, 3.8) is 0 Å². The molecule has 5 heteroatoms. The third-order valence-electron chi connectivity index (χ3n) is 4.41. The molecule has 3 amide bonds. The topological polar surface area (TPSA) is 52.7 Å². The number of hydrogen-bond donors (Lipinski definition) is 1. The van der Waals surface area contributed by atoms with Gasteiger partial charge < -0.3 is 5.32 Å². The fraction of sp³-hybridized carbons (Fsp3) is 0.500. The molecule has 0 radical (unpaired) electrons. The Balaban J connectivity index is 1.70. The van der Waals surface area contributed by atoms with Crippen LogP contribution in [-0.2, 0) is 11.2 Å². The first-order valence-corrected chi connectivity index (χ1v) is 7.53. The van der Waals surface area contributed by atoms with Crippen molar-refractivity contribution >= 4 is 11.9 Å². The zero-order valence-electron chi connectivity index (χ0n) is 12.3. The summed E-state index contributed by atoms with van der Waals surface area (Å²) >= 11 is 0. The number of benzene rings is 1. The zero-order valence-corrected chi connectivity index (χ0v) is 12.3. The summed E-state index contributed by atoms with van der Waals surface area (Å²) in [5.74, 6) is -0.115. The molecule has 0 saturated carbocycles. The number of imide groups is 1. The number of fused-ring (bicyclic) bond motifs is 1. The van der Waals surface area contributed by atoms with Crippen LogP contribution in [0.1, 0.15) is 30.0 Å². The minimum absolute atomic E-state index is 0.115. The number of likely N-dealkylation sites (N-methyl/N-ethyl adjacent to an activating group) is 1. The van der Waals surface area contributed by atoms with E-state index in [1.807, 2.05) is 7.05 Å². The van der Waals surface area contributed by atoms with Gasteiger partial charge in [-0.2, -0.15) is 0 Å². The number of rotatable bonds is 3. The fourth-order valence-corrected chi connectivity index (χ4v) is 3.30. The van der Waals surface area contributed by atoms with Gasteiger partial charge in [0.05, 0.1) is 6.54 Å². The molecule has 1 atom stereocenters. The second-order valence-corrected chi connectivity index (χ2v) is 5.80. The fourth-order valence-electron chi connectivity index (χ4n) is 3.30. The Morgan fingerprint density at radius 2 is 2.24 bits per heavy atom. The maximum atomic E-state index is 12.2. The SMILES string of the molecule is CN(CC(=O)N1CCNC1=O)[C@H]1CCCc2ccccc21. The third-order valence-corrected chi connectivity index (χ3v) is 4.41. The number of urea groups is 1. The van der Waals surface area contributed by atoms with E-state index in [0.29, 0.717) is 13.1 Å². The van der Waals surface area contributed by atoms with Gasteiger partial charge in [0.2, 0.25) is 5.91 Å². The maximum Gasteiger partial charge on any atom is 0.324 e. The van der Waals surface area contributed by atoms with Gasteiger partial charge in [0, 0.05) is 19.1 Å².